The Labute approximate surface area is 190 Å². The number of benzene rings is 1. The van der Waals surface area contributed by atoms with E-state index in [-0.39, 0.29) is 16.7 Å². The predicted octanol–water partition coefficient (Wildman–Crippen LogP) is 7.15. The Balaban J connectivity index is 1.81. The predicted molar refractivity (Wildman–Crippen MR) is 127 cm³/mol. The molecule has 30 heavy (non-hydrogen) atoms. The molecule has 4 nitrogen and oxygen atoms in total. The number of aromatic nitrogens is 2. The number of unbranched alkanes of at least 4 members (excludes halogenated alkanes) is 6. The second-order valence-corrected chi connectivity index (χ2v) is 9.01. The molecule has 0 aliphatic rings. The zero-order valence-electron chi connectivity index (χ0n) is 18.6. The highest BCUT2D eigenvalue weighted by molar-refractivity contribution is 9.10. The molecule has 1 heterocycles. The number of alkyl halides is 1. The van der Waals surface area contributed by atoms with Crippen LogP contribution < -0.4 is 4.74 Å². The normalized spacial score (nSPS) is 13.1. The lowest BCUT2D eigenvalue weighted by molar-refractivity contribution is -0.134. The van der Waals surface area contributed by atoms with Gasteiger partial charge in [-0.2, -0.15) is 0 Å². The van der Waals surface area contributed by atoms with Gasteiger partial charge in [0.05, 0.1) is 0 Å². The average molecular weight is 475 g/mol. The first-order valence-corrected chi connectivity index (χ1v) is 12.2. The molecule has 2 atom stereocenters. The fourth-order valence-electron chi connectivity index (χ4n) is 3.20. The summed E-state index contributed by atoms with van der Waals surface area (Å²) in [6.45, 7) is 6.33. The summed E-state index contributed by atoms with van der Waals surface area (Å²) in [5.74, 6) is 1.19. The Morgan fingerprint density at radius 3 is 2.17 bits per heavy atom. The van der Waals surface area contributed by atoms with Crippen LogP contribution in [0.4, 0.5) is 0 Å². The number of rotatable bonds is 13. The summed E-state index contributed by atoms with van der Waals surface area (Å²) >= 11 is 3.43. The zero-order chi connectivity index (χ0) is 21.8. The molecule has 1 aromatic heterocycles. The summed E-state index contributed by atoms with van der Waals surface area (Å²) in [6.07, 6.45) is 15.0. The van der Waals surface area contributed by atoms with Gasteiger partial charge in [-0.25, -0.2) is 9.97 Å². The standard InChI is InChI=1S/C25H35BrN2O2/c1-4-6-7-8-9-10-11-12-20-17-27-24(28-18-20)21-13-15-22(16-14-21)30-25(29)23(26)19(3)5-2/h13-19,23H,4-12H2,1-3H3. The molecule has 1 aromatic carbocycles. The van der Waals surface area contributed by atoms with Gasteiger partial charge in [0, 0.05) is 18.0 Å². The lowest BCUT2D eigenvalue weighted by Crippen LogP contribution is -2.26. The van der Waals surface area contributed by atoms with Gasteiger partial charge in [0.2, 0.25) is 0 Å². The number of aryl methyl sites for hydroxylation is 1. The molecule has 5 heteroatoms. The summed E-state index contributed by atoms with van der Waals surface area (Å²) in [5, 5.41) is 0. The van der Waals surface area contributed by atoms with Crippen LogP contribution >= 0.6 is 15.9 Å². The molecule has 0 radical (unpaired) electrons. The van der Waals surface area contributed by atoms with Gasteiger partial charge in [0.25, 0.3) is 0 Å². The Bertz CT molecular complexity index is 747. The smallest absolute Gasteiger partial charge is 0.325 e. The van der Waals surface area contributed by atoms with E-state index in [0.29, 0.717) is 11.6 Å². The van der Waals surface area contributed by atoms with Crippen LogP contribution in [-0.4, -0.2) is 20.8 Å². The molecule has 0 aliphatic heterocycles. The number of hydrogen-bond donors (Lipinski definition) is 0. The topological polar surface area (TPSA) is 52.1 Å². The van der Waals surface area contributed by atoms with Crippen LogP contribution in [0.5, 0.6) is 5.75 Å². The molecular weight excluding hydrogens is 440 g/mol. The first-order valence-electron chi connectivity index (χ1n) is 11.3. The minimum Gasteiger partial charge on any atom is -0.426 e. The van der Waals surface area contributed by atoms with Crippen LogP contribution in [0.1, 0.15) is 77.7 Å². The number of ether oxygens (including phenoxy) is 1. The number of halogens is 1. The Kier molecular flexibility index (Phi) is 11.1. The third-order valence-corrected chi connectivity index (χ3v) is 6.75. The van der Waals surface area contributed by atoms with Crippen molar-refractivity contribution in [2.45, 2.75) is 83.4 Å². The molecule has 0 saturated carbocycles. The first-order chi connectivity index (χ1) is 14.5. The van der Waals surface area contributed by atoms with Gasteiger partial charge < -0.3 is 4.74 Å². The molecular formula is C25H35BrN2O2. The number of esters is 1. The highest BCUT2D eigenvalue weighted by atomic mass is 79.9. The van der Waals surface area contributed by atoms with Gasteiger partial charge >= 0.3 is 5.97 Å². The molecule has 0 spiro atoms. The van der Waals surface area contributed by atoms with E-state index in [1.54, 1.807) is 12.1 Å². The van der Waals surface area contributed by atoms with Crippen molar-refractivity contribution in [1.29, 1.82) is 0 Å². The van der Waals surface area contributed by atoms with Crippen molar-refractivity contribution in [3.05, 3.63) is 42.2 Å². The zero-order valence-corrected chi connectivity index (χ0v) is 20.2. The van der Waals surface area contributed by atoms with Crippen molar-refractivity contribution >= 4 is 21.9 Å². The van der Waals surface area contributed by atoms with E-state index in [9.17, 15) is 4.79 Å². The van der Waals surface area contributed by atoms with Crippen LogP contribution in [0.25, 0.3) is 11.4 Å². The maximum atomic E-state index is 12.2. The summed E-state index contributed by atoms with van der Waals surface area (Å²) in [5.41, 5.74) is 2.10. The summed E-state index contributed by atoms with van der Waals surface area (Å²) < 4.78 is 5.47. The first kappa shape index (κ1) is 24.5. The molecule has 164 valence electrons. The second kappa shape index (κ2) is 13.5. The van der Waals surface area contributed by atoms with Crippen molar-refractivity contribution in [2.24, 2.45) is 5.92 Å². The lowest BCUT2D eigenvalue weighted by Gasteiger charge is -2.15. The molecule has 2 unspecified atom stereocenters. The summed E-state index contributed by atoms with van der Waals surface area (Å²) in [6, 6.07) is 7.36. The minimum atomic E-state index is -0.297. The molecule has 0 amide bonds. The SMILES string of the molecule is CCCCCCCCCc1cnc(-c2ccc(OC(=O)C(Br)C(C)CC)cc2)nc1. The van der Waals surface area contributed by atoms with E-state index in [1.807, 2.05) is 31.5 Å². The largest absolute Gasteiger partial charge is 0.426 e. The quantitative estimate of drug-likeness (QED) is 0.134. The van der Waals surface area contributed by atoms with Crippen LogP contribution in [0.2, 0.25) is 0 Å². The molecule has 2 rings (SSSR count). The van der Waals surface area contributed by atoms with E-state index in [0.717, 1.165) is 18.4 Å². The van der Waals surface area contributed by atoms with Crippen LogP contribution in [-0.2, 0) is 11.2 Å². The Morgan fingerprint density at radius 2 is 1.57 bits per heavy atom. The van der Waals surface area contributed by atoms with Gasteiger partial charge in [-0.15, -0.1) is 0 Å². The highest BCUT2D eigenvalue weighted by Gasteiger charge is 2.22. The monoisotopic (exact) mass is 474 g/mol. The van der Waals surface area contributed by atoms with Crippen molar-refractivity contribution in [3.8, 4) is 17.1 Å². The average Bonchev–Trinajstić information content (AvgIpc) is 2.78. The number of nitrogens with zero attached hydrogens (tertiary/aromatic N) is 2. The van der Waals surface area contributed by atoms with Crippen LogP contribution in [0.15, 0.2) is 36.7 Å². The number of hydrogen-bond acceptors (Lipinski definition) is 4. The summed E-state index contributed by atoms with van der Waals surface area (Å²) in [4.78, 5) is 20.9. The molecule has 0 saturated heterocycles. The van der Waals surface area contributed by atoms with Crippen molar-refractivity contribution < 1.29 is 9.53 Å². The highest BCUT2D eigenvalue weighted by Crippen LogP contribution is 2.23. The maximum Gasteiger partial charge on any atom is 0.325 e. The lowest BCUT2D eigenvalue weighted by atomic mass is 10.1. The molecule has 0 N–H and O–H groups in total. The van der Waals surface area contributed by atoms with Crippen molar-refractivity contribution in [3.63, 3.8) is 0 Å². The van der Waals surface area contributed by atoms with Crippen molar-refractivity contribution in [1.82, 2.24) is 9.97 Å². The van der Waals surface area contributed by atoms with Gasteiger partial charge in [-0.05, 0) is 48.6 Å². The summed E-state index contributed by atoms with van der Waals surface area (Å²) in [7, 11) is 0. The molecule has 0 aliphatic carbocycles. The molecule has 0 fully saturated rings. The van der Waals surface area contributed by atoms with E-state index >= 15 is 0 Å². The third-order valence-electron chi connectivity index (χ3n) is 5.47. The van der Waals surface area contributed by atoms with Crippen LogP contribution in [0, 0.1) is 5.92 Å². The van der Waals surface area contributed by atoms with Gasteiger partial charge in [-0.3, -0.25) is 4.79 Å². The Hall–Kier alpha value is -1.75. The fraction of sp³-hybridized carbons (Fsp3) is 0.560. The number of carbonyl (C=O) groups excluding carboxylic acids is 1. The Morgan fingerprint density at radius 1 is 0.967 bits per heavy atom. The van der Waals surface area contributed by atoms with E-state index in [2.05, 4.69) is 39.7 Å². The molecule has 2 aromatic rings. The number of carbonyl (C=O) groups is 1. The minimum absolute atomic E-state index is 0.227. The van der Waals surface area contributed by atoms with E-state index in [1.165, 1.54) is 50.5 Å². The van der Waals surface area contributed by atoms with Gasteiger partial charge in [0.15, 0.2) is 5.82 Å². The second-order valence-electron chi connectivity index (χ2n) is 8.02. The van der Waals surface area contributed by atoms with Gasteiger partial charge in [0.1, 0.15) is 10.6 Å². The third kappa shape index (κ3) is 8.17. The molecule has 0 bridgehead atoms. The van der Waals surface area contributed by atoms with Gasteiger partial charge in [-0.1, -0.05) is 81.6 Å². The maximum absolute atomic E-state index is 12.2. The van der Waals surface area contributed by atoms with Crippen LogP contribution in [0.3, 0.4) is 0 Å². The fourth-order valence-corrected chi connectivity index (χ4v) is 3.67. The van der Waals surface area contributed by atoms with E-state index in [4.69, 9.17) is 4.74 Å². The van der Waals surface area contributed by atoms with Crippen molar-refractivity contribution in [2.75, 3.05) is 0 Å². The van der Waals surface area contributed by atoms with E-state index < -0.39 is 0 Å².